The fourth-order valence-corrected chi connectivity index (χ4v) is 3.13. The molecule has 0 aliphatic rings. The molecular formula is C23H26FN5O. The number of halogens is 1. The number of nitrogens with zero attached hydrogens (tertiary/aromatic N) is 3. The number of aromatic nitrogens is 2. The van der Waals surface area contributed by atoms with Crippen molar-refractivity contribution in [2.75, 3.05) is 5.32 Å². The first-order valence-corrected chi connectivity index (χ1v) is 9.70. The quantitative estimate of drug-likeness (QED) is 0.503. The summed E-state index contributed by atoms with van der Waals surface area (Å²) in [6, 6.07) is 11.8. The van der Waals surface area contributed by atoms with Crippen molar-refractivity contribution < 1.29 is 9.18 Å². The van der Waals surface area contributed by atoms with E-state index in [2.05, 4.69) is 20.7 Å². The lowest BCUT2D eigenvalue weighted by Crippen LogP contribution is -2.36. The molecule has 0 fully saturated rings. The van der Waals surface area contributed by atoms with Crippen molar-refractivity contribution in [1.82, 2.24) is 15.1 Å². The molecule has 7 heteroatoms. The number of carbonyl (C=O) groups is 1. The van der Waals surface area contributed by atoms with Gasteiger partial charge in [0.25, 0.3) is 5.91 Å². The first kappa shape index (κ1) is 21.2. The van der Waals surface area contributed by atoms with Gasteiger partial charge in [-0.1, -0.05) is 24.3 Å². The number of hydrogen-bond donors (Lipinski definition) is 2. The standard InChI is InChI=1S/C23H26FN5O/c1-14-10-11-15(2)21(12-14)26-23(25-13-19-16(3)28-29(5)17(19)4)27-22(30)18-8-6-7-9-20(18)24/h6-12H,13H2,1-5H3,(H2,25,26,27,30). The van der Waals surface area contributed by atoms with Gasteiger partial charge in [0.05, 0.1) is 17.8 Å². The zero-order valence-corrected chi connectivity index (χ0v) is 17.9. The summed E-state index contributed by atoms with van der Waals surface area (Å²) in [4.78, 5) is 17.3. The van der Waals surface area contributed by atoms with Crippen molar-refractivity contribution in [1.29, 1.82) is 0 Å². The van der Waals surface area contributed by atoms with Crippen LogP contribution in [0.2, 0.25) is 0 Å². The smallest absolute Gasteiger partial charge is 0.260 e. The first-order valence-electron chi connectivity index (χ1n) is 9.70. The van der Waals surface area contributed by atoms with Crippen molar-refractivity contribution in [2.24, 2.45) is 12.0 Å². The Kier molecular flexibility index (Phi) is 6.30. The summed E-state index contributed by atoms with van der Waals surface area (Å²) >= 11 is 0. The number of anilines is 1. The van der Waals surface area contributed by atoms with Gasteiger partial charge in [0, 0.05) is 24.0 Å². The second kappa shape index (κ2) is 8.90. The third-order valence-electron chi connectivity index (χ3n) is 5.05. The third kappa shape index (κ3) is 4.74. The fourth-order valence-electron chi connectivity index (χ4n) is 3.13. The van der Waals surface area contributed by atoms with E-state index in [0.29, 0.717) is 6.54 Å². The van der Waals surface area contributed by atoms with Gasteiger partial charge in [-0.25, -0.2) is 9.38 Å². The fraction of sp³-hybridized carbons (Fsp3) is 0.261. The summed E-state index contributed by atoms with van der Waals surface area (Å²) in [5.74, 6) is -0.899. The summed E-state index contributed by atoms with van der Waals surface area (Å²) in [5.41, 5.74) is 5.72. The van der Waals surface area contributed by atoms with Crippen molar-refractivity contribution in [2.45, 2.75) is 34.2 Å². The summed E-state index contributed by atoms with van der Waals surface area (Å²) in [7, 11) is 1.88. The number of rotatable bonds is 4. The highest BCUT2D eigenvalue weighted by Gasteiger charge is 2.15. The summed E-state index contributed by atoms with van der Waals surface area (Å²) in [6.07, 6.45) is 0. The number of carbonyl (C=O) groups excluding carboxylic acids is 1. The molecule has 1 aromatic heterocycles. The Labute approximate surface area is 175 Å². The van der Waals surface area contributed by atoms with Gasteiger partial charge >= 0.3 is 0 Å². The van der Waals surface area contributed by atoms with E-state index in [1.165, 1.54) is 12.1 Å². The maximum Gasteiger partial charge on any atom is 0.260 e. The molecule has 0 spiro atoms. The van der Waals surface area contributed by atoms with Crippen molar-refractivity contribution in [3.8, 4) is 0 Å². The SMILES string of the molecule is Cc1ccc(C)c(NC(=NCc2c(C)nn(C)c2C)NC(=O)c2ccccc2F)c1. The second-order valence-corrected chi connectivity index (χ2v) is 7.32. The Morgan fingerprint density at radius 2 is 1.87 bits per heavy atom. The molecule has 0 bridgehead atoms. The molecule has 30 heavy (non-hydrogen) atoms. The molecule has 3 rings (SSSR count). The van der Waals surface area contributed by atoms with E-state index in [-0.39, 0.29) is 11.5 Å². The first-order chi connectivity index (χ1) is 14.3. The molecule has 0 saturated heterocycles. The molecule has 0 aliphatic heterocycles. The Morgan fingerprint density at radius 3 is 2.53 bits per heavy atom. The predicted molar refractivity (Wildman–Crippen MR) is 117 cm³/mol. The Hall–Kier alpha value is -3.48. The Morgan fingerprint density at radius 1 is 1.13 bits per heavy atom. The number of aryl methyl sites for hydroxylation is 4. The highest BCUT2D eigenvalue weighted by atomic mass is 19.1. The minimum atomic E-state index is -0.583. The molecule has 0 aliphatic carbocycles. The molecule has 0 saturated carbocycles. The summed E-state index contributed by atoms with van der Waals surface area (Å²) in [6.45, 7) is 8.18. The van der Waals surface area contributed by atoms with Crippen LogP contribution in [0, 0.1) is 33.5 Å². The van der Waals surface area contributed by atoms with Crippen LogP contribution in [-0.2, 0) is 13.6 Å². The second-order valence-electron chi connectivity index (χ2n) is 7.32. The summed E-state index contributed by atoms with van der Waals surface area (Å²) < 4.78 is 15.9. The van der Waals surface area contributed by atoms with Gasteiger partial charge in [0.1, 0.15) is 5.82 Å². The van der Waals surface area contributed by atoms with E-state index in [1.54, 1.807) is 16.8 Å². The number of hydrogen-bond acceptors (Lipinski definition) is 3. The zero-order valence-electron chi connectivity index (χ0n) is 17.9. The average Bonchev–Trinajstić information content (AvgIpc) is 2.94. The maximum atomic E-state index is 14.1. The van der Waals surface area contributed by atoms with Crippen LogP contribution in [0.15, 0.2) is 47.5 Å². The van der Waals surface area contributed by atoms with Crippen LogP contribution < -0.4 is 10.6 Å². The molecule has 6 nitrogen and oxygen atoms in total. The zero-order chi connectivity index (χ0) is 21.8. The average molecular weight is 407 g/mol. The molecule has 2 N–H and O–H groups in total. The van der Waals surface area contributed by atoms with Crippen LogP contribution in [0.5, 0.6) is 0 Å². The Balaban J connectivity index is 1.92. The minimum Gasteiger partial charge on any atom is -0.326 e. The highest BCUT2D eigenvalue weighted by molar-refractivity contribution is 6.10. The van der Waals surface area contributed by atoms with Gasteiger partial charge in [0.15, 0.2) is 0 Å². The normalized spacial score (nSPS) is 11.5. The molecular weight excluding hydrogens is 381 g/mol. The third-order valence-corrected chi connectivity index (χ3v) is 5.05. The number of nitrogens with one attached hydrogen (secondary N) is 2. The van der Waals surface area contributed by atoms with Gasteiger partial charge in [0.2, 0.25) is 5.96 Å². The molecule has 1 heterocycles. The minimum absolute atomic E-state index is 0.0401. The van der Waals surface area contributed by atoms with Crippen molar-refractivity contribution >= 4 is 17.6 Å². The topological polar surface area (TPSA) is 71.3 Å². The molecule has 0 atom stereocenters. The molecule has 0 radical (unpaired) electrons. The van der Waals surface area contributed by atoms with Gasteiger partial charge < -0.3 is 5.32 Å². The predicted octanol–water partition coefficient (Wildman–Crippen LogP) is 4.19. The number of aliphatic imine (C=N–C) groups is 1. The van der Waals surface area contributed by atoms with Crippen molar-refractivity contribution in [3.63, 3.8) is 0 Å². The van der Waals surface area contributed by atoms with Crippen LogP contribution in [0.4, 0.5) is 10.1 Å². The number of guanidine groups is 1. The van der Waals surface area contributed by atoms with Crippen molar-refractivity contribution in [3.05, 3.63) is 81.9 Å². The molecule has 156 valence electrons. The van der Waals surface area contributed by atoms with Crippen LogP contribution in [0.3, 0.4) is 0 Å². The van der Waals surface area contributed by atoms with Crippen LogP contribution in [0.1, 0.15) is 38.4 Å². The van der Waals surface area contributed by atoms with E-state index in [4.69, 9.17) is 0 Å². The molecule has 1 amide bonds. The van der Waals surface area contributed by atoms with Crippen LogP contribution in [-0.4, -0.2) is 21.6 Å². The highest BCUT2D eigenvalue weighted by Crippen LogP contribution is 2.17. The number of benzene rings is 2. The Bertz CT molecular complexity index is 1120. The lowest BCUT2D eigenvalue weighted by atomic mass is 10.1. The monoisotopic (exact) mass is 407 g/mol. The van der Waals surface area contributed by atoms with Gasteiger partial charge in [-0.2, -0.15) is 5.10 Å². The molecule has 0 unspecified atom stereocenters. The van der Waals surface area contributed by atoms with E-state index in [0.717, 1.165) is 33.8 Å². The maximum absolute atomic E-state index is 14.1. The summed E-state index contributed by atoms with van der Waals surface area (Å²) in [5, 5.41) is 10.3. The van der Waals surface area contributed by atoms with E-state index in [1.807, 2.05) is 52.9 Å². The molecule has 3 aromatic rings. The lowest BCUT2D eigenvalue weighted by molar-refractivity contribution is 0.0973. The van der Waals surface area contributed by atoms with Gasteiger partial charge in [-0.05, 0) is 57.0 Å². The molecule has 2 aromatic carbocycles. The van der Waals surface area contributed by atoms with E-state index >= 15 is 0 Å². The van der Waals surface area contributed by atoms with E-state index in [9.17, 15) is 9.18 Å². The van der Waals surface area contributed by atoms with E-state index < -0.39 is 11.7 Å². The van der Waals surface area contributed by atoms with Crippen LogP contribution in [0.25, 0.3) is 0 Å². The van der Waals surface area contributed by atoms with Gasteiger partial charge in [-0.3, -0.25) is 14.8 Å². The van der Waals surface area contributed by atoms with Crippen LogP contribution >= 0.6 is 0 Å². The van der Waals surface area contributed by atoms with Gasteiger partial charge in [-0.15, -0.1) is 0 Å². The number of amides is 1. The lowest BCUT2D eigenvalue weighted by Gasteiger charge is -2.14. The largest absolute Gasteiger partial charge is 0.326 e.